The number of thiazole rings is 1. The highest BCUT2D eigenvalue weighted by Crippen LogP contribution is 2.16. The molecule has 1 fully saturated rings. The van der Waals surface area contributed by atoms with Crippen molar-refractivity contribution in [3.8, 4) is 0 Å². The van der Waals surface area contributed by atoms with Crippen LogP contribution in [0.1, 0.15) is 17.6 Å². The van der Waals surface area contributed by atoms with E-state index in [1.807, 2.05) is 12.3 Å². The van der Waals surface area contributed by atoms with E-state index >= 15 is 0 Å². The van der Waals surface area contributed by atoms with E-state index in [0.717, 1.165) is 10.7 Å². The van der Waals surface area contributed by atoms with Gasteiger partial charge in [0.2, 0.25) is 17.7 Å². The van der Waals surface area contributed by atoms with Gasteiger partial charge in [-0.25, -0.2) is 4.98 Å². The number of amides is 3. The molecular formula is C15H22N4O3S. The van der Waals surface area contributed by atoms with E-state index in [9.17, 15) is 14.4 Å². The van der Waals surface area contributed by atoms with Crippen molar-refractivity contribution in [3.05, 3.63) is 16.1 Å². The zero-order valence-corrected chi connectivity index (χ0v) is 14.7. The molecule has 1 aromatic rings. The summed E-state index contributed by atoms with van der Waals surface area (Å²) in [6.07, 6.45) is 0.182. The van der Waals surface area contributed by atoms with Gasteiger partial charge in [-0.05, 0) is 6.92 Å². The third-order valence-electron chi connectivity index (χ3n) is 3.87. The van der Waals surface area contributed by atoms with Crippen LogP contribution in [-0.4, -0.2) is 77.2 Å². The Balaban J connectivity index is 2.15. The SMILES string of the molecule is CC(=O)N1CCN(C(=O)Cc2csc(C)n2)C(C(=O)N(C)C)C1. The number of rotatable bonds is 3. The van der Waals surface area contributed by atoms with E-state index in [2.05, 4.69) is 4.98 Å². The maximum absolute atomic E-state index is 12.6. The summed E-state index contributed by atoms with van der Waals surface area (Å²) in [4.78, 5) is 45.6. The Kier molecular flexibility index (Phi) is 5.35. The molecule has 0 spiro atoms. The van der Waals surface area contributed by atoms with Gasteiger partial charge in [-0.1, -0.05) is 0 Å². The summed E-state index contributed by atoms with van der Waals surface area (Å²) in [6, 6.07) is -0.630. The Hall–Kier alpha value is -1.96. The Morgan fingerprint density at radius 1 is 1.35 bits per heavy atom. The van der Waals surface area contributed by atoms with Gasteiger partial charge in [-0.15, -0.1) is 11.3 Å². The van der Waals surface area contributed by atoms with Crippen molar-refractivity contribution < 1.29 is 14.4 Å². The zero-order valence-electron chi connectivity index (χ0n) is 13.9. The molecule has 1 aliphatic heterocycles. The highest BCUT2D eigenvalue weighted by atomic mass is 32.1. The summed E-state index contributed by atoms with van der Waals surface area (Å²) in [5.41, 5.74) is 0.725. The highest BCUT2D eigenvalue weighted by Gasteiger charge is 2.36. The summed E-state index contributed by atoms with van der Waals surface area (Å²) in [5, 5.41) is 2.78. The maximum Gasteiger partial charge on any atom is 0.246 e. The number of hydrogen-bond donors (Lipinski definition) is 0. The zero-order chi connectivity index (χ0) is 17.1. The number of nitrogens with zero attached hydrogens (tertiary/aromatic N) is 4. The largest absolute Gasteiger partial charge is 0.347 e. The lowest BCUT2D eigenvalue weighted by atomic mass is 10.1. The number of aryl methyl sites for hydroxylation is 1. The number of piperazine rings is 1. The molecule has 23 heavy (non-hydrogen) atoms. The normalized spacial score (nSPS) is 18.0. The first-order chi connectivity index (χ1) is 10.8. The molecule has 2 heterocycles. The van der Waals surface area contributed by atoms with E-state index < -0.39 is 6.04 Å². The summed E-state index contributed by atoms with van der Waals surface area (Å²) < 4.78 is 0. The minimum absolute atomic E-state index is 0.0798. The van der Waals surface area contributed by atoms with Crippen LogP contribution in [0.2, 0.25) is 0 Å². The van der Waals surface area contributed by atoms with Gasteiger partial charge in [-0.3, -0.25) is 14.4 Å². The van der Waals surface area contributed by atoms with Gasteiger partial charge in [0.05, 0.1) is 23.7 Å². The molecule has 7 nitrogen and oxygen atoms in total. The van der Waals surface area contributed by atoms with Crippen molar-refractivity contribution in [1.82, 2.24) is 19.7 Å². The molecule has 2 rings (SSSR count). The molecule has 0 aromatic carbocycles. The molecule has 0 radical (unpaired) electrons. The van der Waals surface area contributed by atoms with Crippen LogP contribution >= 0.6 is 11.3 Å². The van der Waals surface area contributed by atoms with Crippen molar-refractivity contribution in [1.29, 1.82) is 0 Å². The number of hydrogen-bond acceptors (Lipinski definition) is 5. The van der Waals surface area contributed by atoms with Crippen LogP contribution in [0.25, 0.3) is 0 Å². The summed E-state index contributed by atoms with van der Waals surface area (Å²) >= 11 is 1.50. The van der Waals surface area contributed by atoms with Gasteiger partial charge in [0.15, 0.2) is 0 Å². The number of carbonyl (C=O) groups excluding carboxylic acids is 3. The van der Waals surface area contributed by atoms with Crippen LogP contribution in [0.5, 0.6) is 0 Å². The van der Waals surface area contributed by atoms with Gasteiger partial charge >= 0.3 is 0 Å². The molecule has 0 aliphatic carbocycles. The van der Waals surface area contributed by atoms with Crippen molar-refractivity contribution in [2.45, 2.75) is 26.3 Å². The molecule has 1 aliphatic rings. The molecule has 0 N–H and O–H groups in total. The van der Waals surface area contributed by atoms with Gasteiger partial charge in [0, 0.05) is 39.5 Å². The fourth-order valence-corrected chi connectivity index (χ4v) is 3.24. The van der Waals surface area contributed by atoms with Crippen LogP contribution in [0, 0.1) is 6.92 Å². The molecule has 0 saturated carbocycles. The number of carbonyl (C=O) groups is 3. The van der Waals surface area contributed by atoms with Crippen molar-refractivity contribution in [2.24, 2.45) is 0 Å². The first kappa shape index (κ1) is 17.4. The fourth-order valence-electron chi connectivity index (χ4n) is 2.62. The minimum Gasteiger partial charge on any atom is -0.347 e. The third kappa shape index (κ3) is 4.07. The first-order valence-corrected chi connectivity index (χ1v) is 8.34. The lowest BCUT2D eigenvalue weighted by Gasteiger charge is -2.41. The van der Waals surface area contributed by atoms with Gasteiger partial charge in [0.25, 0.3) is 0 Å². The van der Waals surface area contributed by atoms with E-state index in [1.165, 1.54) is 23.2 Å². The lowest BCUT2D eigenvalue weighted by molar-refractivity contribution is -0.150. The Bertz CT molecular complexity index is 614. The predicted molar refractivity (Wildman–Crippen MR) is 87.0 cm³/mol. The molecule has 8 heteroatoms. The van der Waals surface area contributed by atoms with Gasteiger partial charge < -0.3 is 14.7 Å². The van der Waals surface area contributed by atoms with Gasteiger partial charge in [-0.2, -0.15) is 0 Å². The van der Waals surface area contributed by atoms with Crippen LogP contribution in [0.4, 0.5) is 0 Å². The number of likely N-dealkylation sites (N-methyl/N-ethyl adjacent to an activating group) is 1. The molecule has 0 bridgehead atoms. The summed E-state index contributed by atoms with van der Waals surface area (Å²) in [5.74, 6) is -0.374. The summed E-state index contributed by atoms with van der Waals surface area (Å²) in [7, 11) is 3.31. The second kappa shape index (κ2) is 7.08. The molecule has 1 unspecified atom stereocenters. The average Bonchev–Trinajstić information content (AvgIpc) is 2.90. The number of aromatic nitrogens is 1. The lowest BCUT2D eigenvalue weighted by Crippen LogP contribution is -2.61. The maximum atomic E-state index is 12.6. The quantitative estimate of drug-likeness (QED) is 0.786. The second-order valence-corrected chi connectivity index (χ2v) is 6.90. The summed E-state index contributed by atoms with van der Waals surface area (Å²) in [6.45, 7) is 4.43. The first-order valence-electron chi connectivity index (χ1n) is 7.46. The van der Waals surface area contributed by atoms with Crippen molar-refractivity contribution in [2.75, 3.05) is 33.7 Å². The van der Waals surface area contributed by atoms with Crippen LogP contribution < -0.4 is 0 Å². The van der Waals surface area contributed by atoms with Crippen LogP contribution in [0.15, 0.2) is 5.38 Å². The van der Waals surface area contributed by atoms with Crippen LogP contribution in [0.3, 0.4) is 0 Å². The van der Waals surface area contributed by atoms with E-state index in [4.69, 9.17) is 0 Å². The monoisotopic (exact) mass is 338 g/mol. The Labute approximate surface area is 139 Å². The smallest absolute Gasteiger partial charge is 0.246 e. The second-order valence-electron chi connectivity index (χ2n) is 5.84. The molecule has 126 valence electrons. The third-order valence-corrected chi connectivity index (χ3v) is 4.69. The van der Waals surface area contributed by atoms with Crippen molar-refractivity contribution >= 4 is 29.1 Å². The van der Waals surface area contributed by atoms with Crippen molar-refractivity contribution in [3.63, 3.8) is 0 Å². The Morgan fingerprint density at radius 3 is 2.57 bits per heavy atom. The fraction of sp³-hybridized carbons (Fsp3) is 0.600. The van der Waals surface area contributed by atoms with E-state index in [-0.39, 0.29) is 30.7 Å². The van der Waals surface area contributed by atoms with Crippen LogP contribution in [-0.2, 0) is 20.8 Å². The molecule has 1 saturated heterocycles. The standard InChI is InChI=1S/C15H22N4O3S/c1-10-16-12(9-23-10)7-14(21)19-6-5-18(11(2)20)8-13(19)15(22)17(3)4/h9,13H,5-8H2,1-4H3. The topological polar surface area (TPSA) is 73.8 Å². The molecular weight excluding hydrogens is 316 g/mol. The average molecular weight is 338 g/mol. The molecule has 3 amide bonds. The molecule has 1 aromatic heterocycles. The Morgan fingerprint density at radius 2 is 2.04 bits per heavy atom. The predicted octanol–water partition coefficient (Wildman–Crippen LogP) is 0.142. The highest BCUT2D eigenvalue weighted by molar-refractivity contribution is 7.09. The minimum atomic E-state index is -0.630. The van der Waals surface area contributed by atoms with Gasteiger partial charge in [0.1, 0.15) is 6.04 Å². The molecule has 1 atom stereocenters. The van der Waals surface area contributed by atoms with E-state index in [0.29, 0.717) is 13.1 Å². The van der Waals surface area contributed by atoms with E-state index in [1.54, 1.807) is 23.9 Å².